The molecule has 1 aromatic rings. The average molecular weight is 273 g/mol. The van der Waals surface area contributed by atoms with Gasteiger partial charge in [0, 0.05) is 37.4 Å². The van der Waals surface area contributed by atoms with Crippen LogP contribution in [-0.2, 0) is 0 Å². The first kappa shape index (κ1) is 14.1. The fourth-order valence-electron chi connectivity index (χ4n) is 2.26. The van der Waals surface area contributed by atoms with Gasteiger partial charge in [-0.3, -0.25) is 0 Å². The maximum atomic E-state index is 12.8. The Labute approximate surface area is 110 Å². The van der Waals surface area contributed by atoms with Crippen molar-refractivity contribution in [1.29, 1.82) is 0 Å². The fraction of sp³-hybridized carbons (Fsp3) is 0.538. The second-order valence-electron chi connectivity index (χ2n) is 4.87. The third-order valence-corrected chi connectivity index (χ3v) is 3.47. The highest BCUT2D eigenvalue weighted by Gasteiger charge is 2.39. The quantitative estimate of drug-likeness (QED) is 0.894. The van der Waals surface area contributed by atoms with Gasteiger partial charge in [-0.1, -0.05) is 18.2 Å². The van der Waals surface area contributed by atoms with Crippen LogP contribution in [0.1, 0.15) is 11.6 Å². The molecule has 0 spiro atoms. The molecule has 1 aliphatic rings. The van der Waals surface area contributed by atoms with E-state index in [2.05, 4.69) is 4.90 Å². The maximum Gasteiger partial charge on any atom is 0.407 e. The standard InChI is InChI=1S/C13H18F3N3/c1-18-6-8-19(9-7-18)11-5-3-2-4-10(11)12(17)13(14,15)16/h2-5,12H,6-9,17H2,1H3/t12-/m0/s1. The van der Waals surface area contributed by atoms with E-state index in [-0.39, 0.29) is 5.56 Å². The van der Waals surface area contributed by atoms with E-state index in [4.69, 9.17) is 5.73 Å². The van der Waals surface area contributed by atoms with Crippen LogP contribution in [0, 0.1) is 0 Å². The van der Waals surface area contributed by atoms with Crippen LogP contribution in [0.4, 0.5) is 18.9 Å². The lowest BCUT2D eigenvalue weighted by Gasteiger charge is -2.36. The lowest BCUT2D eigenvalue weighted by molar-refractivity contribution is -0.149. The summed E-state index contributed by atoms with van der Waals surface area (Å²) in [5.74, 6) is 0. The Morgan fingerprint density at radius 3 is 2.26 bits per heavy atom. The number of hydrogen-bond acceptors (Lipinski definition) is 3. The molecule has 0 saturated carbocycles. The molecule has 0 radical (unpaired) electrons. The van der Waals surface area contributed by atoms with E-state index in [1.54, 1.807) is 18.2 Å². The van der Waals surface area contributed by atoms with E-state index in [1.165, 1.54) is 6.07 Å². The zero-order valence-corrected chi connectivity index (χ0v) is 10.8. The molecule has 6 heteroatoms. The number of hydrogen-bond donors (Lipinski definition) is 1. The predicted molar refractivity (Wildman–Crippen MR) is 69.1 cm³/mol. The number of anilines is 1. The zero-order chi connectivity index (χ0) is 14.0. The summed E-state index contributed by atoms with van der Waals surface area (Å²) in [6, 6.07) is 4.60. The summed E-state index contributed by atoms with van der Waals surface area (Å²) in [5.41, 5.74) is 6.09. The van der Waals surface area contributed by atoms with Crippen molar-refractivity contribution in [3.63, 3.8) is 0 Å². The lowest BCUT2D eigenvalue weighted by atomic mass is 10.0. The zero-order valence-electron chi connectivity index (χ0n) is 10.8. The van der Waals surface area contributed by atoms with Crippen molar-refractivity contribution in [2.45, 2.75) is 12.2 Å². The van der Waals surface area contributed by atoms with Crippen molar-refractivity contribution in [1.82, 2.24) is 4.90 Å². The van der Waals surface area contributed by atoms with E-state index in [9.17, 15) is 13.2 Å². The number of nitrogens with two attached hydrogens (primary N) is 1. The average Bonchev–Trinajstić information content (AvgIpc) is 2.38. The molecular formula is C13H18F3N3. The van der Waals surface area contributed by atoms with Crippen LogP contribution >= 0.6 is 0 Å². The highest BCUT2D eigenvalue weighted by Crippen LogP contribution is 2.35. The molecule has 2 N–H and O–H groups in total. The summed E-state index contributed by atoms with van der Waals surface area (Å²) >= 11 is 0. The Bertz CT molecular complexity index is 425. The molecule has 1 heterocycles. The molecule has 0 aromatic heterocycles. The molecule has 3 nitrogen and oxygen atoms in total. The van der Waals surface area contributed by atoms with Crippen molar-refractivity contribution < 1.29 is 13.2 Å². The maximum absolute atomic E-state index is 12.8. The van der Waals surface area contributed by atoms with E-state index < -0.39 is 12.2 Å². The minimum absolute atomic E-state index is 0.152. The number of rotatable bonds is 2. The van der Waals surface area contributed by atoms with Crippen molar-refractivity contribution in [3.05, 3.63) is 29.8 Å². The predicted octanol–water partition coefficient (Wildman–Crippen LogP) is 2.00. The lowest BCUT2D eigenvalue weighted by Crippen LogP contribution is -2.45. The summed E-state index contributed by atoms with van der Waals surface area (Å²) in [6.07, 6.45) is -4.41. The number of likely N-dealkylation sites (N-methyl/N-ethyl adjacent to an activating group) is 1. The molecule has 1 fully saturated rings. The first-order valence-electron chi connectivity index (χ1n) is 6.24. The highest BCUT2D eigenvalue weighted by molar-refractivity contribution is 5.55. The summed E-state index contributed by atoms with van der Waals surface area (Å²) in [6.45, 7) is 3.13. The largest absolute Gasteiger partial charge is 0.407 e. The van der Waals surface area contributed by atoms with Crippen molar-refractivity contribution >= 4 is 5.69 Å². The molecular weight excluding hydrogens is 255 g/mol. The molecule has 1 aliphatic heterocycles. The Morgan fingerprint density at radius 2 is 1.68 bits per heavy atom. The minimum atomic E-state index is -4.41. The minimum Gasteiger partial charge on any atom is -0.369 e. The van der Waals surface area contributed by atoms with Crippen LogP contribution in [0.15, 0.2) is 24.3 Å². The second kappa shape index (κ2) is 5.38. The Morgan fingerprint density at radius 1 is 1.11 bits per heavy atom. The second-order valence-corrected chi connectivity index (χ2v) is 4.87. The highest BCUT2D eigenvalue weighted by atomic mass is 19.4. The third-order valence-electron chi connectivity index (χ3n) is 3.47. The van der Waals surface area contributed by atoms with Crippen LogP contribution in [0.3, 0.4) is 0 Å². The number of benzene rings is 1. The number of para-hydroxylation sites is 1. The van der Waals surface area contributed by atoms with Crippen LogP contribution in [0.2, 0.25) is 0 Å². The van der Waals surface area contributed by atoms with Crippen molar-refractivity contribution in [2.75, 3.05) is 38.1 Å². The van der Waals surface area contributed by atoms with E-state index in [1.807, 2.05) is 11.9 Å². The first-order valence-corrected chi connectivity index (χ1v) is 6.24. The van der Waals surface area contributed by atoms with Crippen LogP contribution in [-0.4, -0.2) is 44.3 Å². The number of piperazine rings is 1. The van der Waals surface area contributed by atoms with Gasteiger partial charge in [0.1, 0.15) is 6.04 Å². The van der Waals surface area contributed by atoms with Gasteiger partial charge in [0.15, 0.2) is 0 Å². The number of nitrogens with zero attached hydrogens (tertiary/aromatic N) is 2. The summed E-state index contributed by atoms with van der Waals surface area (Å²) in [4.78, 5) is 4.13. The smallest absolute Gasteiger partial charge is 0.369 e. The van der Waals surface area contributed by atoms with Gasteiger partial charge < -0.3 is 15.5 Å². The van der Waals surface area contributed by atoms with Crippen LogP contribution in [0.5, 0.6) is 0 Å². The SMILES string of the molecule is CN1CCN(c2ccccc2[C@H](N)C(F)(F)F)CC1. The van der Waals surface area contributed by atoms with Crippen molar-refractivity contribution in [2.24, 2.45) is 5.73 Å². The Hall–Kier alpha value is -1.27. The normalized spacial score (nSPS) is 19.5. The molecule has 1 atom stereocenters. The third kappa shape index (κ3) is 3.19. The van der Waals surface area contributed by atoms with Crippen LogP contribution in [0.25, 0.3) is 0 Å². The number of halogens is 3. The van der Waals surface area contributed by atoms with Gasteiger partial charge >= 0.3 is 6.18 Å². The Balaban J connectivity index is 2.26. The monoisotopic (exact) mass is 273 g/mol. The molecule has 0 amide bonds. The van der Waals surface area contributed by atoms with Crippen LogP contribution < -0.4 is 10.6 Å². The molecule has 0 aliphatic carbocycles. The van der Waals surface area contributed by atoms with Gasteiger partial charge in [-0.15, -0.1) is 0 Å². The Kier molecular flexibility index (Phi) is 4.01. The summed E-state index contributed by atoms with van der Waals surface area (Å²) < 4.78 is 38.4. The van der Waals surface area contributed by atoms with Gasteiger partial charge in [-0.25, -0.2) is 0 Å². The van der Waals surface area contributed by atoms with E-state index >= 15 is 0 Å². The van der Waals surface area contributed by atoms with E-state index in [0.717, 1.165) is 26.2 Å². The fourth-order valence-corrected chi connectivity index (χ4v) is 2.26. The molecule has 1 aromatic carbocycles. The molecule has 2 rings (SSSR count). The van der Waals surface area contributed by atoms with Gasteiger partial charge in [0.2, 0.25) is 0 Å². The first-order chi connectivity index (χ1) is 8.89. The number of alkyl halides is 3. The van der Waals surface area contributed by atoms with Crippen molar-refractivity contribution in [3.8, 4) is 0 Å². The summed E-state index contributed by atoms with van der Waals surface area (Å²) in [5, 5.41) is 0. The summed E-state index contributed by atoms with van der Waals surface area (Å²) in [7, 11) is 2.00. The van der Waals surface area contributed by atoms with Gasteiger partial charge in [0.05, 0.1) is 0 Å². The van der Waals surface area contributed by atoms with Gasteiger partial charge in [-0.2, -0.15) is 13.2 Å². The molecule has 106 valence electrons. The van der Waals surface area contributed by atoms with E-state index in [0.29, 0.717) is 5.69 Å². The van der Waals surface area contributed by atoms with Gasteiger partial charge in [0.25, 0.3) is 0 Å². The molecule has 1 saturated heterocycles. The molecule has 0 unspecified atom stereocenters. The topological polar surface area (TPSA) is 32.5 Å². The molecule has 0 bridgehead atoms. The molecule has 19 heavy (non-hydrogen) atoms. The van der Waals surface area contributed by atoms with Gasteiger partial charge in [-0.05, 0) is 13.1 Å².